The van der Waals surface area contributed by atoms with Crippen molar-refractivity contribution in [3.8, 4) is 11.1 Å². The zero-order valence-corrected chi connectivity index (χ0v) is 22.9. The Balaban J connectivity index is 1.34. The second kappa shape index (κ2) is 7.81. The lowest BCUT2D eigenvalue weighted by atomic mass is 9.85. The highest BCUT2D eigenvalue weighted by Gasteiger charge is 2.18. The monoisotopic (exact) mass is 534 g/mol. The Morgan fingerprint density at radius 1 is 0.317 bits per heavy atom. The van der Waals surface area contributed by atoms with Crippen molar-refractivity contribution in [3.05, 3.63) is 133 Å². The van der Waals surface area contributed by atoms with Crippen molar-refractivity contribution in [3.63, 3.8) is 0 Å². The molecular formula is C40H22S. The smallest absolute Gasteiger partial charge is 0.0434 e. The van der Waals surface area contributed by atoms with Crippen LogP contribution in [0.25, 0.3) is 95.9 Å². The van der Waals surface area contributed by atoms with Crippen LogP contribution in [0, 0.1) is 0 Å². The van der Waals surface area contributed by atoms with Crippen LogP contribution in [0.15, 0.2) is 133 Å². The molecule has 0 N–H and O–H groups in total. The SMILES string of the molecule is c1ccc2c(c1)ccc1c3cccc(-c4ccc5c(c4)c4cccc6c7ccccc7c7cccc5c7c64)c3sc21. The number of fused-ring (bicyclic) bond motifs is 11. The van der Waals surface area contributed by atoms with Gasteiger partial charge in [-0.2, -0.15) is 0 Å². The van der Waals surface area contributed by atoms with Crippen molar-refractivity contribution in [1.82, 2.24) is 0 Å². The Bertz CT molecular complexity index is 2690. The predicted octanol–water partition coefficient (Wildman–Crippen LogP) is 12.1. The molecule has 0 aliphatic carbocycles. The predicted molar refractivity (Wildman–Crippen MR) is 181 cm³/mol. The topological polar surface area (TPSA) is 0 Å². The van der Waals surface area contributed by atoms with Crippen LogP contribution in [-0.2, 0) is 0 Å². The lowest BCUT2D eigenvalue weighted by molar-refractivity contribution is 1.73. The molecule has 1 heterocycles. The standard InChI is InChI=1S/C40H22S/c1-2-9-25-23(8-1)18-21-35-34-17-5-12-26(40(34)41-39(25)35)24-19-20-29-32-15-6-13-30-27-10-3-4-11-28(27)31-14-7-16-33(36(29)22-24)38(31)37(30)32/h1-22H. The van der Waals surface area contributed by atoms with Gasteiger partial charge in [-0.25, -0.2) is 0 Å². The highest BCUT2D eigenvalue weighted by atomic mass is 32.1. The first-order chi connectivity index (χ1) is 20.3. The number of hydrogen-bond acceptors (Lipinski definition) is 1. The molecule has 0 spiro atoms. The van der Waals surface area contributed by atoms with E-state index >= 15 is 0 Å². The van der Waals surface area contributed by atoms with E-state index in [0.717, 1.165) is 0 Å². The van der Waals surface area contributed by atoms with Crippen LogP contribution in [-0.4, -0.2) is 0 Å². The molecule has 10 rings (SSSR count). The molecule has 0 radical (unpaired) electrons. The molecule has 10 aromatic rings. The third-order valence-electron chi connectivity index (χ3n) is 9.19. The van der Waals surface area contributed by atoms with Gasteiger partial charge >= 0.3 is 0 Å². The van der Waals surface area contributed by atoms with Crippen molar-refractivity contribution >= 4 is 96.1 Å². The summed E-state index contributed by atoms with van der Waals surface area (Å²) in [5, 5.41) is 18.8. The average molecular weight is 535 g/mol. The summed E-state index contributed by atoms with van der Waals surface area (Å²) in [6, 6.07) is 49.8. The molecule has 0 saturated heterocycles. The summed E-state index contributed by atoms with van der Waals surface area (Å²) in [7, 11) is 0. The zero-order chi connectivity index (χ0) is 26.7. The molecule has 0 bridgehead atoms. The van der Waals surface area contributed by atoms with E-state index in [2.05, 4.69) is 133 Å². The fourth-order valence-electron chi connectivity index (χ4n) is 7.42. The molecule has 188 valence electrons. The molecule has 0 amide bonds. The van der Waals surface area contributed by atoms with Crippen molar-refractivity contribution in [2.45, 2.75) is 0 Å². The number of hydrogen-bond donors (Lipinski definition) is 0. The van der Waals surface area contributed by atoms with Crippen molar-refractivity contribution in [2.75, 3.05) is 0 Å². The van der Waals surface area contributed by atoms with Gasteiger partial charge in [0.2, 0.25) is 0 Å². The van der Waals surface area contributed by atoms with Gasteiger partial charge in [-0.3, -0.25) is 0 Å². The second-order valence-corrected chi connectivity index (χ2v) is 12.2. The number of rotatable bonds is 1. The third-order valence-corrected chi connectivity index (χ3v) is 10.5. The van der Waals surface area contributed by atoms with E-state index in [9.17, 15) is 0 Å². The summed E-state index contributed by atoms with van der Waals surface area (Å²) in [6.07, 6.45) is 0. The van der Waals surface area contributed by atoms with Gasteiger partial charge in [-0.15, -0.1) is 11.3 Å². The largest absolute Gasteiger partial charge is 0.134 e. The molecule has 0 aliphatic heterocycles. The van der Waals surface area contributed by atoms with Gasteiger partial charge in [0.05, 0.1) is 0 Å². The van der Waals surface area contributed by atoms with E-state index in [0.29, 0.717) is 0 Å². The molecule has 0 saturated carbocycles. The Morgan fingerprint density at radius 2 is 0.829 bits per heavy atom. The highest BCUT2D eigenvalue weighted by molar-refractivity contribution is 7.27. The summed E-state index contributed by atoms with van der Waals surface area (Å²) in [5.74, 6) is 0. The van der Waals surface area contributed by atoms with Crippen LogP contribution in [0.3, 0.4) is 0 Å². The van der Waals surface area contributed by atoms with Gasteiger partial charge in [0.1, 0.15) is 0 Å². The Morgan fingerprint density at radius 3 is 1.56 bits per heavy atom. The molecule has 0 fully saturated rings. The van der Waals surface area contributed by atoms with Gasteiger partial charge in [0, 0.05) is 20.2 Å². The quantitative estimate of drug-likeness (QED) is 0.145. The van der Waals surface area contributed by atoms with E-state index < -0.39 is 0 Å². The maximum atomic E-state index is 2.44. The van der Waals surface area contributed by atoms with E-state index in [1.165, 1.54) is 95.9 Å². The molecule has 1 heteroatoms. The first-order valence-corrected chi connectivity index (χ1v) is 15.0. The maximum absolute atomic E-state index is 2.44. The first-order valence-electron chi connectivity index (χ1n) is 14.2. The molecular weight excluding hydrogens is 513 g/mol. The van der Waals surface area contributed by atoms with E-state index in [1.54, 1.807) is 0 Å². The van der Waals surface area contributed by atoms with Crippen LogP contribution in [0.2, 0.25) is 0 Å². The average Bonchev–Trinajstić information content (AvgIpc) is 3.44. The number of thiophene rings is 1. The minimum absolute atomic E-state index is 1.28. The minimum Gasteiger partial charge on any atom is -0.134 e. The lowest BCUT2D eigenvalue weighted by Crippen LogP contribution is -1.90. The van der Waals surface area contributed by atoms with Gasteiger partial charge in [0.25, 0.3) is 0 Å². The normalized spacial score (nSPS) is 12.4. The molecule has 0 aliphatic rings. The van der Waals surface area contributed by atoms with Crippen molar-refractivity contribution < 1.29 is 0 Å². The Kier molecular flexibility index (Phi) is 4.15. The van der Waals surface area contributed by atoms with Crippen LogP contribution >= 0.6 is 11.3 Å². The van der Waals surface area contributed by atoms with Gasteiger partial charge in [-0.05, 0) is 81.8 Å². The van der Waals surface area contributed by atoms with Crippen LogP contribution in [0.1, 0.15) is 0 Å². The van der Waals surface area contributed by atoms with E-state index in [-0.39, 0.29) is 0 Å². The summed E-state index contributed by atoms with van der Waals surface area (Å²) in [5.41, 5.74) is 2.59. The van der Waals surface area contributed by atoms with Gasteiger partial charge in [-0.1, -0.05) is 127 Å². The van der Waals surface area contributed by atoms with Crippen LogP contribution < -0.4 is 0 Å². The molecule has 0 atom stereocenters. The summed E-state index contributed by atoms with van der Waals surface area (Å²) in [6.45, 7) is 0. The molecule has 41 heavy (non-hydrogen) atoms. The van der Waals surface area contributed by atoms with Crippen LogP contribution in [0.5, 0.6) is 0 Å². The Hall–Kier alpha value is -4.98. The lowest BCUT2D eigenvalue weighted by Gasteiger charge is -2.18. The van der Waals surface area contributed by atoms with E-state index in [1.807, 2.05) is 11.3 Å². The number of benzene rings is 9. The molecule has 0 unspecified atom stereocenters. The molecule has 9 aromatic carbocycles. The first kappa shape index (κ1) is 21.8. The maximum Gasteiger partial charge on any atom is 0.0434 e. The van der Waals surface area contributed by atoms with Crippen molar-refractivity contribution in [2.24, 2.45) is 0 Å². The zero-order valence-electron chi connectivity index (χ0n) is 22.1. The molecule has 1 aromatic heterocycles. The Labute approximate surface area is 240 Å². The third kappa shape index (κ3) is 2.79. The van der Waals surface area contributed by atoms with Crippen molar-refractivity contribution in [1.29, 1.82) is 0 Å². The minimum atomic E-state index is 1.28. The summed E-state index contributed by atoms with van der Waals surface area (Å²) < 4.78 is 2.74. The fourth-order valence-corrected chi connectivity index (χ4v) is 8.79. The molecule has 0 nitrogen and oxygen atoms in total. The second-order valence-electron chi connectivity index (χ2n) is 11.2. The van der Waals surface area contributed by atoms with E-state index in [4.69, 9.17) is 0 Å². The van der Waals surface area contributed by atoms with Gasteiger partial charge < -0.3 is 0 Å². The highest BCUT2D eigenvalue weighted by Crippen LogP contribution is 2.47. The van der Waals surface area contributed by atoms with Crippen LogP contribution in [0.4, 0.5) is 0 Å². The summed E-state index contributed by atoms with van der Waals surface area (Å²) in [4.78, 5) is 0. The fraction of sp³-hybridized carbons (Fsp3) is 0. The summed E-state index contributed by atoms with van der Waals surface area (Å²) >= 11 is 1.93. The van der Waals surface area contributed by atoms with Gasteiger partial charge in [0.15, 0.2) is 0 Å².